The van der Waals surface area contributed by atoms with Gasteiger partial charge in [-0.15, -0.1) is 0 Å². The van der Waals surface area contributed by atoms with Crippen LogP contribution in [0, 0.1) is 0 Å². The Morgan fingerprint density at radius 2 is 1.70 bits per heavy atom. The van der Waals surface area contributed by atoms with Gasteiger partial charge in [0.1, 0.15) is 0 Å². The lowest BCUT2D eigenvalue weighted by molar-refractivity contribution is -0.146. The zero-order valence-electron chi connectivity index (χ0n) is 12.8. The minimum Gasteiger partial charge on any atom is -0.347 e. The highest BCUT2D eigenvalue weighted by Gasteiger charge is 2.22. The molecule has 0 radical (unpaired) electrons. The first kappa shape index (κ1) is 17.4. The molecule has 0 spiro atoms. The molecular formula is C15H21N3O4S. The Kier molecular flexibility index (Phi) is 5.73. The predicted molar refractivity (Wildman–Crippen MR) is 85.0 cm³/mol. The maximum absolute atomic E-state index is 11.9. The van der Waals surface area contributed by atoms with E-state index >= 15 is 0 Å². The van der Waals surface area contributed by atoms with Gasteiger partial charge in [0.25, 0.3) is 0 Å². The van der Waals surface area contributed by atoms with Gasteiger partial charge in [0.05, 0.1) is 4.90 Å². The second-order valence-electron chi connectivity index (χ2n) is 5.55. The number of hydrogen-bond acceptors (Lipinski definition) is 4. The van der Waals surface area contributed by atoms with Crippen molar-refractivity contribution in [3.8, 4) is 0 Å². The fourth-order valence-electron chi connectivity index (χ4n) is 2.48. The Labute approximate surface area is 135 Å². The molecule has 8 heteroatoms. The van der Waals surface area contributed by atoms with E-state index < -0.39 is 21.8 Å². The molecular weight excluding hydrogens is 318 g/mol. The van der Waals surface area contributed by atoms with E-state index in [-0.39, 0.29) is 4.90 Å². The standard InChI is InChI=1S/C15H21N3O4S/c16-23(21,22)13-6-4-12(5-7-13)8-9-17-14(19)15(20)18-10-2-1-3-11-18/h4-7H,1-3,8-11H2,(H,17,19)(H2,16,21,22). The number of benzene rings is 1. The SMILES string of the molecule is NS(=O)(=O)c1ccc(CCNC(=O)C(=O)N2CCCCC2)cc1. The van der Waals surface area contributed by atoms with Crippen molar-refractivity contribution in [3.05, 3.63) is 29.8 Å². The molecule has 2 rings (SSSR count). The van der Waals surface area contributed by atoms with Crippen LogP contribution in [-0.4, -0.2) is 44.8 Å². The number of carbonyl (C=O) groups is 2. The molecule has 1 saturated heterocycles. The van der Waals surface area contributed by atoms with Crippen LogP contribution in [0.4, 0.5) is 0 Å². The number of sulfonamides is 1. The molecule has 126 valence electrons. The fourth-order valence-corrected chi connectivity index (χ4v) is 3.00. The van der Waals surface area contributed by atoms with Gasteiger partial charge in [-0.1, -0.05) is 12.1 Å². The summed E-state index contributed by atoms with van der Waals surface area (Å²) >= 11 is 0. The van der Waals surface area contributed by atoms with Crippen molar-refractivity contribution < 1.29 is 18.0 Å². The molecule has 23 heavy (non-hydrogen) atoms. The Bertz CT molecular complexity index is 664. The number of carbonyl (C=O) groups excluding carboxylic acids is 2. The van der Waals surface area contributed by atoms with Crippen LogP contribution >= 0.6 is 0 Å². The summed E-state index contributed by atoms with van der Waals surface area (Å²) in [7, 11) is -3.70. The first-order valence-corrected chi connectivity index (χ1v) is 9.11. The molecule has 1 aromatic carbocycles. The molecule has 3 N–H and O–H groups in total. The monoisotopic (exact) mass is 339 g/mol. The first-order chi connectivity index (χ1) is 10.9. The van der Waals surface area contributed by atoms with Crippen LogP contribution in [0.15, 0.2) is 29.2 Å². The van der Waals surface area contributed by atoms with E-state index in [0.717, 1.165) is 24.8 Å². The fraction of sp³-hybridized carbons (Fsp3) is 0.467. The number of likely N-dealkylation sites (tertiary alicyclic amines) is 1. The van der Waals surface area contributed by atoms with Gasteiger partial charge in [-0.05, 0) is 43.4 Å². The zero-order chi connectivity index (χ0) is 16.9. The van der Waals surface area contributed by atoms with Gasteiger partial charge in [0.2, 0.25) is 10.0 Å². The van der Waals surface area contributed by atoms with Gasteiger partial charge in [0.15, 0.2) is 0 Å². The van der Waals surface area contributed by atoms with Crippen LogP contribution in [0.2, 0.25) is 0 Å². The number of rotatable bonds is 4. The van der Waals surface area contributed by atoms with E-state index in [1.54, 1.807) is 17.0 Å². The zero-order valence-corrected chi connectivity index (χ0v) is 13.6. The summed E-state index contributed by atoms with van der Waals surface area (Å²) in [5, 5.41) is 7.62. The molecule has 0 unspecified atom stereocenters. The number of amides is 2. The molecule has 0 atom stereocenters. The van der Waals surface area contributed by atoms with Crippen LogP contribution < -0.4 is 10.5 Å². The van der Waals surface area contributed by atoms with Gasteiger partial charge < -0.3 is 10.2 Å². The number of piperidine rings is 1. The quantitative estimate of drug-likeness (QED) is 0.753. The van der Waals surface area contributed by atoms with E-state index in [1.807, 2.05) is 0 Å². The van der Waals surface area contributed by atoms with Gasteiger partial charge >= 0.3 is 11.8 Å². The summed E-state index contributed by atoms with van der Waals surface area (Å²) in [6, 6.07) is 6.12. The van der Waals surface area contributed by atoms with E-state index in [0.29, 0.717) is 26.1 Å². The second-order valence-corrected chi connectivity index (χ2v) is 7.11. The molecule has 0 aliphatic carbocycles. The van der Waals surface area contributed by atoms with E-state index in [1.165, 1.54) is 12.1 Å². The van der Waals surface area contributed by atoms with Gasteiger partial charge in [-0.25, -0.2) is 13.6 Å². The lowest BCUT2D eigenvalue weighted by Gasteiger charge is -2.25. The van der Waals surface area contributed by atoms with Crippen LogP contribution in [0.3, 0.4) is 0 Å². The maximum Gasteiger partial charge on any atom is 0.311 e. The summed E-state index contributed by atoms with van der Waals surface area (Å²) in [6.07, 6.45) is 3.48. The van der Waals surface area contributed by atoms with Crippen molar-refractivity contribution in [2.45, 2.75) is 30.6 Å². The molecule has 1 fully saturated rings. The minimum atomic E-state index is -3.70. The molecule has 0 saturated carbocycles. The number of hydrogen-bond donors (Lipinski definition) is 2. The first-order valence-electron chi connectivity index (χ1n) is 7.57. The predicted octanol–water partition coefficient (Wildman–Crippen LogP) is 0.00520. The highest BCUT2D eigenvalue weighted by atomic mass is 32.2. The van der Waals surface area contributed by atoms with Crippen LogP contribution in [-0.2, 0) is 26.0 Å². The van der Waals surface area contributed by atoms with Crippen LogP contribution in [0.5, 0.6) is 0 Å². The van der Waals surface area contributed by atoms with Crippen molar-refractivity contribution in [2.24, 2.45) is 5.14 Å². The number of primary sulfonamides is 1. The number of nitrogens with zero attached hydrogens (tertiary/aromatic N) is 1. The lowest BCUT2D eigenvalue weighted by Crippen LogP contribution is -2.45. The average Bonchev–Trinajstić information content (AvgIpc) is 2.54. The van der Waals surface area contributed by atoms with Crippen molar-refractivity contribution in [2.75, 3.05) is 19.6 Å². The minimum absolute atomic E-state index is 0.0468. The molecule has 1 aliphatic heterocycles. The van der Waals surface area contributed by atoms with Gasteiger partial charge in [0, 0.05) is 19.6 Å². The molecule has 1 aliphatic rings. The summed E-state index contributed by atoms with van der Waals surface area (Å²) in [5.74, 6) is -1.07. The Morgan fingerprint density at radius 1 is 1.09 bits per heavy atom. The normalized spacial score (nSPS) is 15.3. The Hall–Kier alpha value is -1.93. The highest BCUT2D eigenvalue weighted by molar-refractivity contribution is 7.89. The van der Waals surface area contributed by atoms with Crippen molar-refractivity contribution in [1.82, 2.24) is 10.2 Å². The molecule has 7 nitrogen and oxygen atoms in total. The average molecular weight is 339 g/mol. The molecule has 1 aromatic rings. The summed E-state index contributed by atoms with van der Waals surface area (Å²) < 4.78 is 22.3. The van der Waals surface area contributed by atoms with Crippen LogP contribution in [0.1, 0.15) is 24.8 Å². The molecule has 0 aromatic heterocycles. The maximum atomic E-state index is 11.9. The molecule has 1 heterocycles. The number of nitrogens with one attached hydrogen (secondary N) is 1. The summed E-state index contributed by atoms with van der Waals surface area (Å²) in [5.41, 5.74) is 0.850. The largest absolute Gasteiger partial charge is 0.347 e. The Balaban J connectivity index is 1.80. The topological polar surface area (TPSA) is 110 Å². The van der Waals surface area contributed by atoms with Crippen molar-refractivity contribution >= 4 is 21.8 Å². The van der Waals surface area contributed by atoms with Crippen molar-refractivity contribution in [1.29, 1.82) is 0 Å². The highest BCUT2D eigenvalue weighted by Crippen LogP contribution is 2.10. The third-order valence-corrected chi connectivity index (χ3v) is 4.72. The molecule has 2 amide bonds. The van der Waals surface area contributed by atoms with Gasteiger partial charge in [-0.2, -0.15) is 0 Å². The third kappa shape index (κ3) is 5.04. The van der Waals surface area contributed by atoms with Crippen LogP contribution in [0.25, 0.3) is 0 Å². The number of nitrogens with two attached hydrogens (primary N) is 1. The van der Waals surface area contributed by atoms with Gasteiger partial charge in [-0.3, -0.25) is 9.59 Å². The summed E-state index contributed by atoms with van der Waals surface area (Å²) in [4.78, 5) is 25.4. The molecule has 0 bridgehead atoms. The Morgan fingerprint density at radius 3 is 2.26 bits per heavy atom. The van der Waals surface area contributed by atoms with Crippen molar-refractivity contribution in [3.63, 3.8) is 0 Å². The summed E-state index contributed by atoms with van der Waals surface area (Å²) in [6.45, 7) is 1.59. The van der Waals surface area contributed by atoms with E-state index in [4.69, 9.17) is 5.14 Å². The van der Waals surface area contributed by atoms with E-state index in [9.17, 15) is 18.0 Å². The third-order valence-electron chi connectivity index (χ3n) is 3.79. The second kappa shape index (κ2) is 7.56. The lowest BCUT2D eigenvalue weighted by atomic mass is 10.1. The van der Waals surface area contributed by atoms with E-state index in [2.05, 4.69) is 5.32 Å². The smallest absolute Gasteiger partial charge is 0.311 e.